The van der Waals surface area contributed by atoms with Crippen molar-refractivity contribution < 1.29 is 22.7 Å². The first kappa shape index (κ1) is 23.7. The molecule has 32 heavy (non-hydrogen) atoms. The second kappa shape index (κ2) is 10.1. The first-order valence-electron chi connectivity index (χ1n) is 10.3. The molecule has 0 saturated carbocycles. The van der Waals surface area contributed by atoms with Gasteiger partial charge in [-0.05, 0) is 55.3 Å². The van der Waals surface area contributed by atoms with E-state index >= 15 is 0 Å². The molecule has 1 aliphatic rings. The van der Waals surface area contributed by atoms with Crippen molar-refractivity contribution >= 4 is 21.8 Å². The molecule has 1 heterocycles. The maximum atomic E-state index is 13.4. The van der Waals surface area contributed by atoms with Gasteiger partial charge in [0, 0.05) is 44.7 Å². The topological polar surface area (TPSA) is 131 Å². The van der Waals surface area contributed by atoms with E-state index in [4.69, 9.17) is 10.5 Å². The Bertz CT molecular complexity index is 1090. The summed E-state index contributed by atoms with van der Waals surface area (Å²) < 4.78 is 34.2. The summed E-state index contributed by atoms with van der Waals surface area (Å²) in [5.41, 5.74) is 7.21. The maximum absolute atomic E-state index is 13.4. The van der Waals surface area contributed by atoms with E-state index < -0.39 is 21.8 Å². The first-order valence-corrected chi connectivity index (χ1v) is 11.8. The number of hydrogen-bond donors (Lipinski definition) is 3. The van der Waals surface area contributed by atoms with Gasteiger partial charge in [0.05, 0.1) is 0 Å². The lowest BCUT2D eigenvalue weighted by Gasteiger charge is -2.27. The fraction of sp³-hybridized carbons (Fsp3) is 0.364. The van der Waals surface area contributed by atoms with Gasteiger partial charge in [-0.1, -0.05) is 6.07 Å². The third-order valence-electron chi connectivity index (χ3n) is 4.98. The van der Waals surface area contributed by atoms with Crippen molar-refractivity contribution in [1.29, 1.82) is 0 Å². The first-order chi connectivity index (χ1) is 15.2. The minimum Gasteiger partial charge on any atom is -0.456 e. The summed E-state index contributed by atoms with van der Waals surface area (Å²) >= 11 is 0. The molecule has 2 aromatic rings. The maximum Gasteiger partial charge on any atom is 0.251 e. The Balaban J connectivity index is 1.98. The summed E-state index contributed by atoms with van der Waals surface area (Å²) in [6, 6.07) is 9.92. The summed E-state index contributed by atoms with van der Waals surface area (Å²) in [6.45, 7) is 5.64. The summed E-state index contributed by atoms with van der Waals surface area (Å²) in [4.78, 5) is 23.3. The van der Waals surface area contributed by atoms with Crippen LogP contribution in [-0.4, -0.2) is 57.3 Å². The van der Waals surface area contributed by atoms with Crippen LogP contribution >= 0.6 is 0 Å². The van der Waals surface area contributed by atoms with Gasteiger partial charge >= 0.3 is 0 Å². The number of piperazine rings is 1. The predicted molar refractivity (Wildman–Crippen MR) is 120 cm³/mol. The van der Waals surface area contributed by atoms with Crippen molar-refractivity contribution in [2.24, 2.45) is 5.73 Å². The van der Waals surface area contributed by atoms with E-state index in [2.05, 4.69) is 10.6 Å². The summed E-state index contributed by atoms with van der Waals surface area (Å²) in [5, 5.41) is 5.70. The largest absolute Gasteiger partial charge is 0.456 e. The van der Waals surface area contributed by atoms with Gasteiger partial charge in [0.2, 0.25) is 15.9 Å². The van der Waals surface area contributed by atoms with E-state index in [1.165, 1.54) is 22.5 Å². The van der Waals surface area contributed by atoms with E-state index in [1.807, 2.05) is 32.0 Å². The molecule has 0 radical (unpaired) electrons. The Kier molecular flexibility index (Phi) is 7.49. The zero-order chi connectivity index (χ0) is 23.3. The van der Waals surface area contributed by atoms with E-state index in [-0.39, 0.29) is 29.2 Å². The van der Waals surface area contributed by atoms with Crippen molar-refractivity contribution in [2.45, 2.75) is 25.2 Å². The number of nitrogens with two attached hydrogens (primary N) is 1. The van der Waals surface area contributed by atoms with Gasteiger partial charge in [0.25, 0.3) is 5.91 Å². The van der Waals surface area contributed by atoms with Gasteiger partial charge in [-0.25, -0.2) is 8.42 Å². The molecule has 0 unspecified atom stereocenters. The van der Waals surface area contributed by atoms with Gasteiger partial charge in [0.15, 0.2) is 0 Å². The molecule has 2 amide bonds. The van der Waals surface area contributed by atoms with E-state index in [9.17, 15) is 18.0 Å². The van der Waals surface area contributed by atoms with Crippen LogP contribution in [0.15, 0.2) is 41.3 Å². The fourth-order valence-corrected chi connectivity index (χ4v) is 5.06. The van der Waals surface area contributed by atoms with E-state index in [0.29, 0.717) is 31.9 Å². The van der Waals surface area contributed by atoms with Crippen LogP contribution in [0, 0.1) is 13.8 Å². The van der Waals surface area contributed by atoms with Gasteiger partial charge in [-0.2, -0.15) is 4.31 Å². The number of nitrogens with one attached hydrogen (secondary N) is 2. The minimum absolute atomic E-state index is 0.00836. The molecular weight excluding hydrogens is 432 g/mol. The third-order valence-corrected chi connectivity index (χ3v) is 6.90. The number of carbonyl (C=O) groups is 2. The number of nitrogens with zero attached hydrogens (tertiary/aromatic N) is 1. The molecule has 0 aromatic heterocycles. The molecular formula is C22H28N4O5S. The zero-order valence-electron chi connectivity index (χ0n) is 18.2. The van der Waals surface area contributed by atoms with Crippen LogP contribution in [-0.2, 0) is 14.8 Å². The third kappa shape index (κ3) is 5.84. The van der Waals surface area contributed by atoms with Crippen LogP contribution in [0.3, 0.4) is 0 Å². The van der Waals surface area contributed by atoms with Crippen molar-refractivity contribution in [2.75, 3.05) is 32.7 Å². The van der Waals surface area contributed by atoms with Crippen LogP contribution in [0.4, 0.5) is 0 Å². The number of sulfonamides is 1. The number of hydrogen-bond acceptors (Lipinski definition) is 6. The molecule has 0 spiro atoms. The van der Waals surface area contributed by atoms with Crippen LogP contribution in [0.2, 0.25) is 0 Å². The van der Waals surface area contributed by atoms with Crippen LogP contribution in [0.25, 0.3) is 0 Å². The minimum atomic E-state index is -3.91. The standard InChI is InChI=1S/C22H28N4O5S/c1-15-11-16(2)13-18(12-15)31-19-4-3-17(22(28)25-6-5-21(23)27)14-20(19)32(29,30)26-9-7-24-8-10-26/h3-4,11-14,24H,5-10H2,1-2H3,(H2,23,27)(H,25,28). The Hall–Kier alpha value is -2.95. The highest BCUT2D eigenvalue weighted by molar-refractivity contribution is 7.89. The Morgan fingerprint density at radius 1 is 1.09 bits per heavy atom. The molecule has 0 bridgehead atoms. The molecule has 2 aromatic carbocycles. The Morgan fingerprint density at radius 3 is 2.38 bits per heavy atom. The monoisotopic (exact) mass is 460 g/mol. The molecule has 1 aliphatic heterocycles. The number of benzene rings is 2. The number of carbonyl (C=O) groups excluding carboxylic acids is 2. The number of amides is 2. The SMILES string of the molecule is Cc1cc(C)cc(Oc2ccc(C(=O)NCCC(N)=O)cc2S(=O)(=O)N2CCNCC2)c1. The van der Waals surface area contributed by atoms with Crippen molar-refractivity contribution in [3.05, 3.63) is 53.1 Å². The summed E-state index contributed by atoms with van der Waals surface area (Å²) in [6.07, 6.45) is -0.00836. The second-order valence-electron chi connectivity index (χ2n) is 7.71. The lowest BCUT2D eigenvalue weighted by molar-refractivity contribution is -0.117. The Morgan fingerprint density at radius 2 is 1.75 bits per heavy atom. The fourth-order valence-electron chi connectivity index (χ4n) is 3.48. The van der Waals surface area contributed by atoms with Crippen LogP contribution in [0.5, 0.6) is 11.5 Å². The average molecular weight is 461 g/mol. The van der Waals surface area contributed by atoms with Gasteiger partial charge in [-0.3, -0.25) is 9.59 Å². The zero-order valence-corrected chi connectivity index (χ0v) is 19.0. The van der Waals surface area contributed by atoms with Crippen molar-refractivity contribution in [3.8, 4) is 11.5 Å². The molecule has 172 valence electrons. The highest BCUT2D eigenvalue weighted by Gasteiger charge is 2.30. The van der Waals surface area contributed by atoms with Gasteiger partial charge < -0.3 is 21.1 Å². The van der Waals surface area contributed by atoms with Crippen molar-refractivity contribution in [1.82, 2.24) is 14.9 Å². The highest BCUT2D eigenvalue weighted by Crippen LogP contribution is 2.33. The van der Waals surface area contributed by atoms with Crippen molar-refractivity contribution in [3.63, 3.8) is 0 Å². The molecule has 10 heteroatoms. The van der Waals surface area contributed by atoms with Gasteiger partial charge in [0.1, 0.15) is 16.4 Å². The highest BCUT2D eigenvalue weighted by atomic mass is 32.2. The molecule has 9 nitrogen and oxygen atoms in total. The predicted octanol–water partition coefficient (Wildman–Crippen LogP) is 1.29. The average Bonchev–Trinajstić information content (AvgIpc) is 2.73. The van der Waals surface area contributed by atoms with Crippen LogP contribution in [0.1, 0.15) is 27.9 Å². The lowest BCUT2D eigenvalue weighted by atomic mass is 10.1. The summed E-state index contributed by atoms with van der Waals surface area (Å²) in [7, 11) is -3.91. The second-order valence-corrected chi connectivity index (χ2v) is 9.62. The number of aryl methyl sites for hydroxylation is 2. The Labute approximate surface area is 188 Å². The van der Waals surface area contributed by atoms with Crippen LogP contribution < -0.4 is 21.1 Å². The smallest absolute Gasteiger partial charge is 0.251 e. The lowest BCUT2D eigenvalue weighted by Crippen LogP contribution is -2.46. The summed E-state index contributed by atoms with van der Waals surface area (Å²) in [5.74, 6) is -0.384. The van der Waals surface area contributed by atoms with Gasteiger partial charge in [-0.15, -0.1) is 0 Å². The number of rotatable bonds is 8. The normalized spacial score (nSPS) is 14.7. The van der Waals surface area contributed by atoms with E-state index in [0.717, 1.165) is 11.1 Å². The number of primary amides is 1. The number of ether oxygens (including phenoxy) is 1. The molecule has 0 aliphatic carbocycles. The van der Waals surface area contributed by atoms with E-state index in [1.54, 1.807) is 0 Å². The molecule has 3 rings (SSSR count). The molecule has 0 atom stereocenters. The molecule has 1 saturated heterocycles. The molecule has 1 fully saturated rings. The molecule has 4 N–H and O–H groups in total. The quantitative estimate of drug-likeness (QED) is 0.544.